The van der Waals surface area contributed by atoms with Gasteiger partial charge in [-0.15, -0.1) is 0 Å². The largest absolute Gasteiger partial charge is 0.371 e. The Morgan fingerprint density at radius 3 is 2.04 bits per heavy atom. The molecule has 0 amide bonds. The average Bonchev–Trinajstić information content (AvgIpc) is 2.72. The summed E-state index contributed by atoms with van der Waals surface area (Å²) in [7, 11) is 1.67. The van der Waals surface area contributed by atoms with E-state index in [-0.39, 0.29) is 24.6 Å². The first-order valence-electron chi connectivity index (χ1n) is 8.85. The van der Waals surface area contributed by atoms with Gasteiger partial charge in [-0.1, -0.05) is 83.3 Å². The van der Waals surface area contributed by atoms with Crippen LogP contribution in [0.2, 0.25) is 0 Å². The molecule has 2 aromatic rings. The fourth-order valence-corrected chi connectivity index (χ4v) is 3.80. The van der Waals surface area contributed by atoms with E-state index in [1.807, 2.05) is 36.4 Å². The van der Waals surface area contributed by atoms with E-state index in [1.165, 1.54) is 0 Å². The second-order valence-corrected chi connectivity index (χ2v) is 7.21. The molecule has 1 saturated heterocycles. The van der Waals surface area contributed by atoms with Crippen LogP contribution in [0.4, 0.5) is 0 Å². The van der Waals surface area contributed by atoms with E-state index in [1.54, 1.807) is 7.11 Å². The van der Waals surface area contributed by atoms with Gasteiger partial charge in [0.15, 0.2) is 6.29 Å². The average molecular weight is 468 g/mol. The summed E-state index contributed by atoms with van der Waals surface area (Å²) in [4.78, 5) is 0. The second kappa shape index (κ2) is 10.4. The lowest BCUT2D eigenvalue weighted by atomic mass is 10.0. The van der Waals surface area contributed by atoms with Crippen molar-refractivity contribution in [2.45, 2.75) is 44.2 Å². The van der Waals surface area contributed by atoms with Crippen LogP contribution in [0.3, 0.4) is 0 Å². The van der Waals surface area contributed by atoms with Gasteiger partial charge in [-0.2, -0.15) is 0 Å². The molecule has 1 aliphatic rings. The molecule has 4 nitrogen and oxygen atoms in total. The molecule has 0 spiro atoms. The van der Waals surface area contributed by atoms with Crippen LogP contribution in [0.1, 0.15) is 17.5 Å². The normalized spacial score (nSPS) is 25.9. The summed E-state index contributed by atoms with van der Waals surface area (Å²) in [6.45, 7) is 1.10. The maximum absolute atomic E-state index is 6.26. The van der Waals surface area contributed by atoms with E-state index in [2.05, 4.69) is 46.9 Å². The Morgan fingerprint density at radius 1 is 0.923 bits per heavy atom. The zero-order valence-corrected chi connectivity index (χ0v) is 17.1. The molecule has 4 atom stereocenters. The third-order valence-electron chi connectivity index (χ3n) is 4.49. The number of methoxy groups -OCH3 is 1. The number of hydrogen-bond donors (Lipinski definition) is 0. The summed E-state index contributed by atoms with van der Waals surface area (Å²) >= 11 is 2.34. The standard InChI is InChI=1S/C21H25IO4/c1-23-20-12-18(24-14-16-8-4-2-5-9-16)21(19(13-22)26-20)25-15-17-10-6-3-7-11-17/h2-11,18-21H,12-15H2,1H3. The molecule has 140 valence electrons. The van der Waals surface area contributed by atoms with Gasteiger partial charge in [0.05, 0.1) is 25.4 Å². The minimum atomic E-state index is -0.257. The van der Waals surface area contributed by atoms with Crippen LogP contribution in [0.5, 0.6) is 0 Å². The second-order valence-electron chi connectivity index (χ2n) is 6.33. The number of hydrogen-bond acceptors (Lipinski definition) is 4. The molecule has 0 radical (unpaired) electrons. The van der Waals surface area contributed by atoms with Gasteiger partial charge >= 0.3 is 0 Å². The van der Waals surface area contributed by atoms with Gasteiger partial charge < -0.3 is 18.9 Å². The maximum atomic E-state index is 6.26. The van der Waals surface area contributed by atoms with Crippen LogP contribution < -0.4 is 0 Å². The van der Waals surface area contributed by atoms with Gasteiger partial charge in [-0.3, -0.25) is 0 Å². The van der Waals surface area contributed by atoms with Gasteiger partial charge in [0.2, 0.25) is 0 Å². The molecule has 3 rings (SSSR count). The number of benzene rings is 2. The van der Waals surface area contributed by atoms with Crippen LogP contribution in [0, 0.1) is 0 Å². The van der Waals surface area contributed by atoms with E-state index in [4.69, 9.17) is 18.9 Å². The quantitative estimate of drug-likeness (QED) is 0.427. The molecule has 1 heterocycles. The van der Waals surface area contributed by atoms with E-state index < -0.39 is 0 Å². The lowest BCUT2D eigenvalue weighted by Crippen LogP contribution is -2.51. The van der Waals surface area contributed by atoms with Crippen molar-refractivity contribution >= 4 is 22.6 Å². The van der Waals surface area contributed by atoms with Crippen LogP contribution in [-0.2, 0) is 32.2 Å². The van der Waals surface area contributed by atoms with Gasteiger partial charge in [0, 0.05) is 18.0 Å². The first-order chi connectivity index (χ1) is 12.8. The molecule has 0 saturated carbocycles. The summed E-state index contributed by atoms with van der Waals surface area (Å²) in [5, 5.41) is 0. The summed E-state index contributed by atoms with van der Waals surface area (Å²) in [6.07, 6.45) is 0.154. The highest BCUT2D eigenvalue weighted by Gasteiger charge is 2.40. The lowest BCUT2D eigenvalue weighted by Gasteiger charge is -2.40. The highest BCUT2D eigenvalue weighted by Crippen LogP contribution is 2.28. The van der Waals surface area contributed by atoms with E-state index >= 15 is 0 Å². The minimum absolute atomic E-state index is 0.0567. The SMILES string of the molecule is COC1CC(OCc2ccccc2)C(OCc2ccccc2)C(CI)O1. The third kappa shape index (κ3) is 5.50. The zero-order valence-electron chi connectivity index (χ0n) is 14.9. The highest BCUT2D eigenvalue weighted by molar-refractivity contribution is 14.1. The maximum Gasteiger partial charge on any atom is 0.160 e. The molecule has 2 aromatic carbocycles. The molecule has 1 fully saturated rings. The third-order valence-corrected chi connectivity index (χ3v) is 5.36. The molecule has 0 aliphatic carbocycles. The monoisotopic (exact) mass is 468 g/mol. The van der Waals surface area contributed by atoms with Crippen molar-refractivity contribution in [1.29, 1.82) is 0 Å². The molecule has 1 aliphatic heterocycles. The van der Waals surface area contributed by atoms with Gasteiger partial charge in [0.25, 0.3) is 0 Å². The Labute approximate surface area is 168 Å². The Balaban J connectivity index is 1.67. The highest BCUT2D eigenvalue weighted by atomic mass is 127. The predicted octanol–water partition coefficient (Wildman–Crippen LogP) is 4.35. The van der Waals surface area contributed by atoms with Crippen molar-refractivity contribution in [2.24, 2.45) is 0 Å². The molecule has 4 unspecified atom stereocenters. The number of ether oxygens (including phenoxy) is 4. The lowest BCUT2D eigenvalue weighted by molar-refractivity contribution is -0.257. The van der Waals surface area contributed by atoms with Crippen molar-refractivity contribution in [1.82, 2.24) is 0 Å². The minimum Gasteiger partial charge on any atom is -0.371 e. The number of rotatable bonds is 8. The van der Waals surface area contributed by atoms with E-state index in [9.17, 15) is 0 Å². The predicted molar refractivity (Wildman–Crippen MR) is 109 cm³/mol. The van der Waals surface area contributed by atoms with E-state index in [0.29, 0.717) is 19.6 Å². The summed E-state index contributed by atoms with van der Waals surface area (Å²) < 4.78 is 24.8. The molecule has 0 N–H and O–H groups in total. The van der Waals surface area contributed by atoms with Crippen LogP contribution in [0.15, 0.2) is 60.7 Å². The molecule has 0 aromatic heterocycles. The molecule has 26 heavy (non-hydrogen) atoms. The van der Waals surface area contributed by atoms with Crippen LogP contribution >= 0.6 is 22.6 Å². The zero-order chi connectivity index (χ0) is 18.2. The fourth-order valence-electron chi connectivity index (χ4n) is 3.09. The molecular weight excluding hydrogens is 443 g/mol. The van der Waals surface area contributed by atoms with Crippen LogP contribution in [0.25, 0.3) is 0 Å². The molecular formula is C21H25IO4. The van der Waals surface area contributed by atoms with Crippen molar-refractivity contribution < 1.29 is 18.9 Å². The Kier molecular flexibility index (Phi) is 7.88. The van der Waals surface area contributed by atoms with E-state index in [0.717, 1.165) is 15.6 Å². The topological polar surface area (TPSA) is 36.9 Å². The van der Waals surface area contributed by atoms with Crippen molar-refractivity contribution in [3.63, 3.8) is 0 Å². The first kappa shape index (κ1) is 19.8. The Morgan fingerprint density at radius 2 is 1.50 bits per heavy atom. The number of halogens is 1. The van der Waals surface area contributed by atoms with Crippen molar-refractivity contribution in [3.05, 3.63) is 71.8 Å². The van der Waals surface area contributed by atoms with Crippen molar-refractivity contribution in [2.75, 3.05) is 11.5 Å². The smallest absolute Gasteiger partial charge is 0.160 e. The van der Waals surface area contributed by atoms with Crippen LogP contribution in [-0.4, -0.2) is 36.1 Å². The van der Waals surface area contributed by atoms with Crippen molar-refractivity contribution in [3.8, 4) is 0 Å². The Bertz CT molecular complexity index is 637. The first-order valence-corrected chi connectivity index (χ1v) is 10.4. The Hall–Kier alpha value is -0.990. The van der Waals surface area contributed by atoms with Gasteiger partial charge in [-0.25, -0.2) is 0 Å². The van der Waals surface area contributed by atoms with Gasteiger partial charge in [-0.05, 0) is 11.1 Å². The van der Waals surface area contributed by atoms with Gasteiger partial charge in [0.1, 0.15) is 6.10 Å². The summed E-state index contributed by atoms with van der Waals surface area (Å²) in [5.41, 5.74) is 2.30. The molecule has 0 bridgehead atoms. The summed E-state index contributed by atoms with van der Waals surface area (Å²) in [6, 6.07) is 20.4. The molecule has 5 heteroatoms. The summed E-state index contributed by atoms with van der Waals surface area (Å²) in [5.74, 6) is 0. The number of alkyl halides is 1. The fraction of sp³-hybridized carbons (Fsp3) is 0.429.